The number of rotatable bonds is 2. The first kappa shape index (κ1) is 7.79. The van der Waals surface area contributed by atoms with E-state index in [0.717, 1.165) is 11.3 Å². The van der Waals surface area contributed by atoms with Gasteiger partial charge in [-0.3, -0.25) is 0 Å². The standard InChI is InChI=1S/C9H9N3O/c10-8-3-1-2-7(4-8)5-9-11-6-12-13-9/h1-4,6H,5,10H2. The number of hydrogen-bond donors (Lipinski definition) is 1. The summed E-state index contributed by atoms with van der Waals surface area (Å²) in [6.07, 6.45) is 2.02. The van der Waals surface area contributed by atoms with Crippen molar-refractivity contribution in [3.8, 4) is 0 Å². The number of nitrogens with zero attached hydrogens (tertiary/aromatic N) is 2. The number of nitrogen functional groups attached to an aromatic ring is 1. The third-order valence-corrected chi connectivity index (χ3v) is 1.71. The van der Waals surface area contributed by atoms with E-state index < -0.39 is 0 Å². The highest BCUT2D eigenvalue weighted by molar-refractivity contribution is 5.41. The molecule has 4 nitrogen and oxygen atoms in total. The molecule has 0 bridgehead atoms. The molecule has 0 fully saturated rings. The number of aromatic nitrogens is 2. The van der Waals surface area contributed by atoms with Crippen molar-refractivity contribution >= 4 is 5.69 Å². The van der Waals surface area contributed by atoms with E-state index in [9.17, 15) is 0 Å². The maximum absolute atomic E-state index is 5.62. The molecule has 0 aliphatic carbocycles. The van der Waals surface area contributed by atoms with Gasteiger partial charge in [0.15, 0.2) is 6.33 Å². The molecular weight excluding hydrogens is 166 g/mol. The van der Waals surface area contributed by atoms with Crippen LogP contribution >= 0.6 is 0 Å². The van der Waals surface area contributed by atoms with Crippen LogP contribution in [0.2, 0.25) is 0 Å². The third kappa shape index (κ3) is 1.84. The van der Waals surface area contributed by atoms with E-state index in [1.165, 1.54) is 6.33 Å². The van der Waals surface area contributed by atoms with Gasteiger partial charge in [-0.15, -0.1) is 0 Å². The van der Waals surface area contributed by atoms with Crippen molar-refractivity contribution < 1.29 is 4.52 Å². The molecule has 0 aliphatic heterocycles. The lowest BCUT2D eigenvalue weighted by Crippen LogP contribution is -1.90. The maximum Gasteiger partial charge on any atom is 0.230 e. The Bertz CT molecular complexity index is 384. The zero-order valence-corrected chi connectivity index (χ0v) is 6.97. The number of hydrogen-bond acceptors (Lipinski definition) is 4. The molecule has 0 atom stereocenters. The van der Waals surface area contributed by atoms with E-state index in [-0.39, 0.29) is 0 Å². The van der Waals surface area contributed by atoms with E-state index in [0.29, 0.717) is 12.3 Å². The van der Waals surface area contributed by atoms with Crippen LogP contribution < -0.4 is 5.73 Å². The molecule has 66 valence electrons. The molecule has 1 aromatic carbocycles. The van der Waals surface area contributed by atoms with Crippen LogP contribution in [-0.2, 0) is 6.42 Å². The van der Waals surface area contributed by atoms with Gasteiger partial charge in [0, 0.05) is 5.69 Å². The van der Waals surface area contributed by atoms with Gasteiger partial charge >= 0.3 is 0 Å². The molecule has 0 radical (unpaired) electrons. The Morgan fingerprint density at radius 2 is 2.31 bits per heavy atom. The Kier molecular flexibility index (Phi) is 1.96. The first-order valence-corrected chi connectivity index (χ1v) is 3.94. The summed E-state index contributed by atoms with van der Waals surface area (Å²) in [5, 5.41) is 3.52. The molecule has 0 saturated heterocycles. The third-order valence-electron chi connectivity index (χ3n) is 1.71. The minimum absolute atomic E-state index is 0.602. The minimum atomic E-state index is 0.602. The van der Waals surface area contributed by atoms with E-state index in [4.69, 9.17) is 10.3 Å². The van der Waals surface area contributed by atoms with Crippen LogP contribution in [0.4, 0.5) is 5.69 Å². The highest BCUT2D eigenvalue weighted by Gasteiger charge is 2.00. The average molecular weight is 175 g/mol. The molecule has 0 amide bonds. The van der Waals surface area contributed by atoms with Crippen LogP contribution in [0.5, 0.6) is 0 Å². The molecule has 2 aromatic rings. The van der Waals surface area contributed by atoms with E-state index in [1.807, 2.05) is 24.3 Å². The smallest absolute Gasteiger partial charge is 0.230 e. The predicted octanol–water partition coefficient (Wildman–Crippen LogP) is 1.24. The summed E-state index contributed by atoms with van der Waals surface area (Å²) in [6, 6.07) is 7.61. The monoisotopic (exact) mass is 175 g/mol. The van der Waals surface area contributed by atoms with Crippen molar-refractivity contribution in [2.75, 3.05) is 5.73 Å². The Morgan fingerprint density at radius 3 is 3.00 bits per heavy atom. The van der Waals surface area contributed by atoms with Crippen LogP contribution in [0.3, 0.4) is 0 Å². The summed E-state index contributed by atoms with van der Waals surface area (Å²) < 4.78 is 4.88. The minimum Gasteiger partial charge on any atom is -0.399 e. The van der Waals surface area contributed by atoms with E-state index in [1.54, 1.807) is 0 Å². The van der Waals surface area contributed by atoms with Crippen LogP contribution in [0.25, 0.3) is 0 Å². The average Bonchev–Trinajstić information content (AvgIpc) is 2.57. The van der Waals surface area contributed by atoms with Gasteiger partial charge in [0.05, 0.1) is 6.42 Å². The summed E-state index contributed by atoms with van der Waals surface area (Å²) in [4.78, 5) is 3.92. The van der Waals surface area contributed by atoms with Crippen LogP contribution in [0.1, 0.15) is 11.5 Å². The van der Waals surface area contributed by atoms with Gasteiger partial charge in [-0.2, -0.15) is 4.98 Å². The zero-order chi connectivity index (χ0) is 9.10. The largest absolute Gasteiger partial charge is 0.399 e. The second-order valence-corrected chi connectivity index (χ2v) is 2.76. The van der Waals surface area contributed by atoms with Crippen molar-refractivity contribution in [3.05, 3.63) is 42.0 Å². The van der Waals surface area contributed by atoms with Crippen molar-refractivity contribution in [1.82, 2.24) is 10.1 Å². The van der Waals surface area contributed by atoms with Gasteiger partial charge in [-0.05, 0) is 17.7 Å². The van der Waals surface area contributed by atoms with E-state index in [2.05, 4.69) is 10.1 Å². The van der Waals surface area contributed by atoms with Gasteiger partial charge < -0.3 is 10.3 Å². The van der Waals surface area contributed by atoms with Crippen molar-refractivity contribution in [2.45, 2.75) is 6.42 Å². The fraction of sp³-hybridized carbons (Fsp3) is 0.111. The lowest BCUT2D eigenvalue weighted by Gasteiger charge is -1.97. The molecule has 1 aromatic heterocycles. The second-order valence-electron chi connectivity index (χ2n) is 2.76. The van der Waals surface area contributed by atoms with Gasteiger partial charge in [-0.25, -0.2) is 0 Å². The molecule has 0 unspecified atom stereocenters. The lowest BCUT2D eigenvalue weighted by molar-refractivity contribution is 0.384. The summed E-state index contributed by atoms with van der Waals surface area (Å²) >= 11 is 0. The first-order chi connectivity index (χ1) is 6.34. The Labute approximate surface area is 75.4 Å². The Balaban J connectivity index is 2.19. The molecule has 0 aliphatic rings. The molecule has 0 saturated carbocycles. The van der Waals surface area contributed by atoms with Crippen LogP contribution in [0.15, 0.2) is 35.1 Å². The fourth-order valence-electron chi connectivity index (χ4n) is 1.15. The fourth-order valence-corrected chi connectivity index (χ4v) is 1.15. The quantitative estimate of drug-likeness (QED) is 0.697. The molecule has 4 heteroatoms. The van der Waals surface area contributed by atoms with E-state index >= 15 is 0 Å². The molecular formula is C9H9N3O. The van der Waals surface area contributed by atoms with Gasteiger partial charge in [0.25, 0.3) is 0 Å². The lowest BCUT2D eigenvalue weighted by atomic mass is 10.1. The first-order valence-electron chi connectivity index (χ1n) is 3.94. The molecule has 1 heterocycles. The van der Waals surface area contributed by atoms with Gasteiger partial charge in [0.1, 0.15) is 0 Å². The summed E-state index contributed by atoms with van der Waals surface area (Å²) in [6.45, 7) is 0. The van der Waals surface area contributed by atoms with Crippen molar-refractivity contribution in [3.63, 3.8) is 0 Å². The Morgan fingerprint density at radius 1 is 1.38 bits per heavy atom. The number of nitrogens with two attached hydrogens (primary N) is 1. The zero-order valence-electron chi connectivity index (χ0n) is 6.97. The normalized spacial score (nSPS) is 10.2. The molecule has 13 heavy (non-hydrogen) atoms. The maximum atomic E-state index is 5.62. The molecule has 2 rings (SSSR count). The Hall–Kier alpha value is -1.84. The highest BCUT2D eigenvalue weighted by atomic mass is 16.5. The van der Waals surface area contributed by atoms with Crippen LogP contribution in [0, 0.1) is 0 Å². The number of anilines is 1. The topological polar surface area (TPSA) is 64.9 Å². The number of benzene rings is 1. The summed E-state index contributed by atoms with van der Waals surface area (Å²) in [7, 11) is 0. The SMILES string of the molecule is Nc1cccc(Cc2ncno2)c1. The van der Waals surface area contributed by atoms with Crippen molar-refractivity contribution in [1.29, 1.82) is 0 Å². The van der Waals surface area contributed by atoms with Crippen molar-refractivity contribution in [2.24, 2.45) is 0 Å². The highest BCUT2D eigenvalue weighted by Crippen LogP contribution is 2.10. The summed E-state index contributed by atoms with van der Waals surface area (Å²) in [5.74, 6) is 0.602. The van der Waals surface area contributed by atoms with Gasteiger partial charge in [-0.1, -0.05) is 17.3 Å². The van der Waals surface area contributed by atoms with Crippen LogP contribution in [-0.4, -0.2) is 10.1 Å². The second kappa shape index (κ2) is 3.26. The summed E-state index contributed by atoms with van der Waals surface area (Å²) in [5.41, 5.74) is 7.44. The molecule has 0 spiro atoms. The van der Waals surface area contributed by atoms with Gasteiger partial charge in [0.2, 0.25) is 5.89 Å². The molecule has 2 N–H and O–H groups in total. The predicted molar refractivity (Wildman–Crippen MR) is 48.0 cm³/mol.